The number of rotatable bonds is 6. The Morgan fingerprint density at radius 1 is 1.20 bits per heavy atom. The summed E-state index contributed by atoms with van der Waals surface area (Å²) in [6.45, 7) is 3.43. The molecule has 2 aromatic rings. The van der Waals surface area contributed by atoms with Gasteiger partial charge in [-0.05, 0) is 30.3 Å². The molecule has 0 aliphatic rings. The minimum Gasteiger partial charge on any atom is -0.313 e. The summed E-state index contributed by atoms with van der Waals surface area (Å²) in [6, 6.07) is 10.4. The fourth-order valence-electron chi connectivity index (χ4n) is 1.67. The highest BCUT2D eigenvalue weighted by molar-refractivity contribution is 7.94. The Bertz CT molecular complexity index is 683. The number of anilines is 1. The van der Waals surface area contributed by atoms with Crippen molar-refractivity contribution >= 4 is 38.6 Å². The van der Waals surface area contributed by atoms with Crippen molar-refractivity contribution in [2.45, 2.75) is 17.7 Å². The molecule has 0 saturated carbocycles. The SMILES string of the molecule is CCNCc1ccccc1NS(=O)(=O)c1ccc(Cl)s1. The van der Waals surface area contributed by atoms with Crippen LogP contribution in [-0.4, -0.2) is 15.0 Å². The van der Waals surface area contributed by atoms with Crippen LogP contribution < -0.4 is 10.0 Å². The third-order valence-corrected chi connectivity index (χ3v) is 5.73. The van der Waals surface area contributed by atoms with Gasteiger partial charge in [0, 0.05) is 6.54 Å². The van der Waals surface area contributed by atoms with Crippen LogP contribution in [0.15, 0.2) is 40.6 Å². The Labute approximate surface area is 127 Å². The van der Waals surface area contributed by atoms with Gasteiger partial charge in [0.1, 0.15) is 4.21 Å². The lowest BCUT2D eigenvalue weighted by Crippen LogP contribution is -2.16. The van der Waals surface area contributed by atoms with Crippen LogP contribution in [0, 0.1) is 0 Å². The maximum Gasteiger partial charge on any atom is 0.271 e. The lowest BCUT2D eigenvalue weighted by atomic mass is 10.2. The molecular formula is C13H15ClN2O2S2. The number of halogens is 1. The molecule has 0 bridgehead atoms. The molecule has 7 heteroatoms. The highest BCUT2D eigenvalue weighted by Crippen LogP contribution is 2.28. The smallest absolute Gasteiger partial charge is 0.271 e. The normalized spacial score (nSPS) is 11.5. The average Bonchev–Trinajstić information content (AvgIpc) is 2.85. The van der Waals surface area contributed by atoms with E-state index in [0.29, 0.717) is 16.6 Å². The summed E-state index contributed by atoms with van der Waals surface area (Å²) in [7, 11) is -3.58. The number of para-hydroxylation sites is 1. The third kappa shape index (κ3) is 3.73. The van der Waals surface area contributed by atoms with Crippen molar-refractivity contribution in [3.63, 3.8) is 0 Å². The maximum atomic E-state index is 12.3. The summed E-state index contributed by atoms with van der Waals surface area (Å²) in [5, 5.41) is 3.18. The number of hydrogen-bond donors (Lipinski definition) is 2. The van der Waals surface area contributed by atoms with Gasteiger partial charge >= 0.3 is 0 Å². The van der Waals surface area contributed by atoms with Crippen molar-refractivity contribution in [2.75, 3.05) is 11.3 Å². The largest absolute Gasteiger partial charge is 0.313 e. The van der Waals surface area contributed by atoms with Crippen molar-refractivity contribution in [3.8, 4) is 0 Å². The average molecular weight is 331 g/mol. The van der Waals surface area contributed by atoms with E-state index in [2.05, 4.69) is 10.0 Å². The molecule has 0 saturated heterocycles. The number of hydrogen-bond acceptors (Lipinski definition) is 4. The van der Waals surface area contributed by atoms with E-state index < -0.39 is 10.0 Å². The summed E-state index contributed by atoms with van der Waals surface area (Å²) in [5.74, 6) is 0. The lowest BCUT2D eigenvalue weighted by molar-refractivity contribution is 0.603. The van der Waals surface area contributed by atoms with Gasteiger partial charge in [-0.2, -0.15) is 0 Å². The minimum atomic E-state index is -3.58. The number of sulfonamides is 1. The molecule has 0 aliphatic heterocycles. The van der Waals surface area contributed by atoms with Crippen molar-refractivity contribution in [1.29, 1.82) is 0 Å². The molecule has 0 spiro atoms. The predicted octanol–water partition coefficient (Wildman–Crippen LogP) is 3.31. The predicted molar refractivity (Wildman–Crippen MR) is 84.0 cm³/mol. The second kappa shape index (κ2) is 6.58. The lowest BCUT2D eigenvalue weighted by Gasteiger charge is -2.11. The first-order valence-corrected chi connectivity index (χ1v) is 8.77. The van der Waals surface area contributed by atoms with Crippen LogP contribution in [0.25, 0.3) is 0 Å². The molecule has 1 heterocycles. The molecule has 1 aromatic heterocycles. The first-order valence-electron chi connectivity index (χ1n) is 6.09. The van der Waals surface area contributed by atoms with Gasteiger partial charge in [-0.15, -0.1) is 11.3 Å². The summed E-state index contributed by atoms with van der Waals surface area (Å²) in [5.41, 5.74) is 1.48. The van der Waals surface area contributed by atoms with E-state index in [9.17, 15) is 8.42 Å². The number of thiophene rings is 1. The fourth-order valence-corrected chi connectivity index (χ4v) is 4.25. The zero-order valence-electron chi connectivity index (χ0n) is 10.9. The molecule has 1 aromatic carbocycles. The molecule has 20 heavy (non-hydrogen) atoms. The van der Waals surface area contributed by atoms with Crippen LogP contribution in [0.5, 0.6) is 0 Å². The Balaban J connectivity index is 2.25. The molecule has 0 unspecified atom stereocenters. The Morgan fingerprint density at radius 3 is 2.60 bits per heavy atom. The third-order valence-electron chi connectivity index (χ3n) is 2.64. The monoisotopic (exact) mass is 330 g/mol. The summed E-state index contributed by atoms with van der Waals surface area (Å²) >= 11 is 6.82. The zero-order chi connectivity index (χ0) is 14.6. The standard InChI is InChI=1S/C13H15ClN2O2S2/c1-2-15-9-10-5-3-4-6-11(10)16-20(17,18)13-8-7-12(14)19-13/h3-8,15-16H,2,9H2,1H3. The molecule has 4 nitrogen and oxygen atoms in total. The fraction of sp³-hybridized carbons (Fsp3) is 0.231. The highest BCUT2D eigenvalue weighted by atomic mass is 35.5. The van der Waals surface area contributed by atoms with Gasteiger partial charge < -0.3 is 5.32 Å². The van der Waals surface area contributed by atoms with E-state index in [0.717, 1.165) is 23.4 Å². The molecule has 0 radical (unpaired) electrons. The van der Waals surface area contributed by atoms with E-state index in [1.165, 1.54) is 6.07 Å². The van der Waals surface area contributed by atoms with Crippen molar-refractivity contribution in [1.82, 2.24) is 5.32 Å². The molecule has 2 rings (SSSR count). The molecule has 2 N–H and O–H groups in total. The topological polar surface area (TPSA) is 58.2 Å². The van der Waals surface area contributed by atoms with Gasteiger partial charge in [-0.25, -0.2) is 8.42 Å². The van der Waals surface area contributed by atoms with E-state index in [1.807, 2.05) is 19.1 Å². The molecule has 108 valence electrons. The zero-order valence-corrected chi connectivity index (χ0v) is 13.3. The van der Waals surface area contributed by atoms with Gasteiger partial charge in [0.05, 0.1) is 10.0 Å². The Kier molecular flexibility index (Phi) is 5.04. The maximum absolute atomic E-state index is 12.3. The van der Waals surface area contributed by atoms with Crippen molar-refractivity contribution in [2.24, 2.45) is 0 Å². The van der Waals surface area contributed by atoms with Crippen LogP contribution in [0.3, 0.4) is 0 Å². The Hall–Kier alpha value is -1.08. The second-order valence-corrected chi connectivity index (χ2v) is 7.73. The summed E-state index contributed by atoms with van der Waals surface area (Å²) in [6.07, 6.45) is 0. The van der Waals surface area contributed by atoms with Gasteiger partial charge in [-0.3, -0.25) is 4.72 Å². The van der Waals surface area contributed by atoms with Crippen molar-refractivity contribution in [3.05, 3.63) is 46.3 Å². The van der Waals surface area contributed by atoms with E-state index in [4.69, 9.17) is 11.6 Å². The quantitative estimate of drug-likeness (QED) is 0.854. The molecular weight excluding hydrogens is 316 g/mol. The van der Waals surface area contributed by atoms with Gasteiger partial charge in [-0.1, -0.05) is 36.7 Å². The molecule has 0 aliphatic carbocycles. The van der Waals surface area contributed by atoms with Crippen LogP contribution in [-0.2, 0) is 16.6 Å². The first-order chi connectivity index (χ1) is 9.53. The second-order valence-electron chi connectivity index (χ2n) is 4.10. The summed E-state index contributed by atoms with van der Waals surface area (Å²) in [4.78, 5) is 0. The van der Waals surface area contributed by atoms with Gasteiger partial charge in [0.25, 0.3) is 10.0 Å². The Morgan fingerprint density at radius 2 is 1.95 bits per heavy atom. The van der Waals surface area contributed by atoms with E-state index in [-0.39, 0.29) is 4.21 Å². The summed E-state index contributed by atoms with van der Waals surface area (Å²) < 4.78 is 27.8. The van der Waals surface area contributed by atoms with Crippen LogP contribution in [0.1, 0.15) is 12.5 Å². The van der Waals surface area contributed by atoms with Crippen LogP contribution >= 0.6 is 22.9 Å². The first kappa shape index (κ1) is 15.3. The number of nitrogens with one attached hydrogen (secondary N) is 2. The van der Waals surface area contributed by atoms with Crippen LogP contribution in [0.4, 0.5) is 5.69 Å². The van der Waals surface area contributed by atoms with Crippen LogP contribution in [0.2, 0.25) is 4.34 Å². The van der Waals surface area contributed by atoms with E-state index >= 15 is 0 Å². The van der Waals surface area contributed by atoms with E-state index in [1.54, 1.807) is 18.2 Å². The van der Waals surface area contributed by atoms with Crippen molar-refractivity contribution < 1.29 is 8.42 Å². The molecule has 0 atom stereocenters. The van der Waals surface area contributed by atoms with Gasteiger partial charge in [0.2, 0.25) is 0 Å². The highest BCUT2D eigenvalue weighted by Gasteiger charge is 2.17. The molecule has 0 fully saturated rings. The number of benzene rings is 1. The molecule has 0 amide bonds. The van der Waals surface area contributed by atoms with Gasteiger partial charge in [0.15, 0.2) is 0 Å². The minimum absolute atomic E-state index is 0.209.